The van der Waals surface area contributed by atoms with Crippen molar-refractivity contribution < 1.29 is 13.9 Å². The average molecular weight is 284 g/mol. The molecule has 1 aromatic carbocycles. The van der Waals surface area contributed by atoms with Gasteiger partial charge in [0.1, 0.15) is 0 Å². The van der Waals surface area contributed by atoms with E-state index in [9.17, 15) is 13.9 Å². The average Bonchev–Trinajstić information content (AvgIpc) is 2.37. The molecule has 0 aliphatic carbocycles. The molecule has 0 saturated heterocycles. The molecule has 5 heteroatoms. The van der Waals surface area contributed by atoms with E-state index < -0.39 is 17.7 Å². The second kappa shape index (κ2) is 6.08. The molecule has 0 fully saturated rings. The third kappa shape index (κ3) is 3.72. The number of aliphatic hydroxyl groups excluding tert-OH is 1. The molecule has 0 aliphatic heterocycles. The summed E-state index contributed by atoms with van der Waals surface area (Å²) in [5, 5.41) is 10.4. The van der Waals surface area contributed by atoms with Crippen LogP contribution in [-0.2, 0) is 12.8 Å². The highest BCUT2D eigenvalue weighted by Crippen LogP contribution is 2.17. The van der Waals surface area contributed by atoms with E-state index in [1.54, 1.807) is 12.3 Å². The maximum absolute atomic E-state index is 13.0. The van der Waals surface area contributed by atoms with Crippen molar-refractivity contribution >= 4 is 11.6 Å². The first-order chi connectivity index (χ1) is 9.06. The Labute approximate surface area is 114 Å². The van der Waals surface area contributed by atoms with Crippen molar-refractivity contribution in [3.63, 3.8) is 0 Å². The second-order valence-corrected chi connectivity index (χ2v) is 4.68. The second-order valence-electron chi connectivity index (χ2n) is 4.28. The lowest BCUT2D eigenvalue weighted by Gasteiger charge is -2.11. The first-order valence-corrected chi connectivity index (χ1v) is 6.14. The standard InChI is InChI=1S/C14H12ClF2NO/c15-12-8-18-4-3-10(12)7-11(19)5-9-1-2-13(16)14(17)6-9/h1-4,6,8,11,19H,5,7H2. The first kappa shape index (κ1) is 13.9. The van der Waals surface area contributed by atoms with Crippen LogP contribution in [0.2, 0.25) is 5.02 Å². The Bertz CT molecular complexity index is 577. The van der Waals surface area contributed by atoms with Crippen LogP contribution in [0.1, 0.15) is 11.1 Å². The summed E-state index contributed by atoms with van der Waals surface area (Å²) >= 11 is 5.93. The molecule has 2 nitrogen and oxygen atoms in total. The lowest BCUT2D eigenvalue weighted by molar-refractivity contribution is 0.175. The van der Waals surface area contributed by atoms with Gasteiger partial charge in [-0.2, -0.15) is 0 Å². The van der Waals surface area contributed by atoms with Crippen LogP contribution in [0.4, 0.5) is 8.78 Å². The van der Waals surface area contributed by atoms with Crippen molar-refractivity contribution in [1.82, 2.24) is 4.98 Å². The third-order valence-corrected chi connectivity index (χ3v) is 3.11. The minimum Gasteiger partial charge on any atom is -0.392 e. The number of aromatic nitrogens is 1. The maximum atomic E-state index is 13.0. The number of hydrogen-bond acceptors (Lipinski definition) is 2. The summed E-state index contributed by atoms with van der Waals surface area (Å²) in [6, 6.07) is 5.32. The Hall–Kier alpha value is -1.52. The molecular formula is C14H12ClF2NO. The van der Waals surface area contributed by atoms with Gasteiger partial charge in [-0.05, 0) is 35.7 Å². The minimum absolute atomic E-state index is 0.232. The SMILES string of the molecule is OC(Cc1ccc(F)c(F)c1)Cc1ccncc1Cl. The van der Waals surface area contributed by atoms with Crippen molar-refractivity contribution in [2.24, 2.45) is 0 Å². The molecule has 0 radical (unpaired) electrons. The Balaban J connectivity index is 2.03. The number of halogens is 3. The lowest BCUT2D eigenvalue weighted by atomic mass is 10.0. The molecule has 0 saturated carbocycles. The fraction of sp³-hybridized carbons (Fsp3) is 0.214. The monoisotopic (exact) mass is 283 g/mol. The predicted octanol–water partition coefficient (Wildman–Crippen LogP) is 3.16. The van der Waals surface area contributed by atoms with Crippen molar-refractivity contribution in [1.29, 1.82) is 0 Å². The molecule has 2 rings (SSSR count). The van der Waals surface area contributed by atoms with Gasteiger partial charge in [0.25, 0.3) is 0 Å². The fourth-order valence-corrected chi connectivity index (χ4v) is 2.03. The molecule has 0 spiro atoms. The number of aliphatic hydroxyl groups is 1. The van der Waals surface area contributed by atoms with Crippen molar-refractivity contribution in [3.8, 4) is 0 Å². The summed E-state index contributed by atoms with van der Waals surface area (Å²) in [5.41, 5.74) is 1.31. The molecule has 1 unspecified atom stereocenters. The number of nitrogens with zero attached hydrogens (tertiary/aromatic N) is 1. The lowest BCUT2D eigenvalue weighted by Crippen LogP contribution is -2.14. The number of rotatable bonds is 4. The van der Waals surface area contributed by atoms with E-state index in [2.05, 4.69) is 4.98 Å². The molecule has 1 aromatic heterocycles. The van der Waals surface area contributed by atoms with Gasteiger partial charge in [0.05, 0.1) is 11.1 Å². The van der Waals surface area contributed by atoms with Crippen molar-refractivity contribution in [3.05, 3.63) is 64.4 Å². The molecule has 19 heavy (non-hydrogen) atoms. The summed E-state index contributed by atoms with van der Waals surface area (Å²) in [6.45, 7) is 0. The van der Waals surface area contributed by atoms with Crippen LogP contribution in [0, 0.1) is 11.6 Å². The van der Waals surface area contributed by atoms with E-state index in [-0.39, 0.29) is 6.42 Å². The summed E-state index contributed by atoms with van der Waals surface area (Å²) in [4.78, 5) is 3.85. The Morgan fingerprint density at radius 3 is 2.63 bits per heavy atom. The van der Waals surface area contributed by atoms with Crippen LogP contribution >= 0.6 is 11.6 Å². The zero-order valence-corrected chi connectivity index (χ0v) is 10.7. The largest absolute Gasteiger partial charge is 0.392 e. The van der Waals surface area contributed by atoms with Crippen LogP contribution in [0.5, 0.6) is 0 Å². The number of benzene rings is 1. The highest BCUT2D eigenvalue weighted by Gasteiger charge is 2.11. The molecule has 1 N–H and O–H groups in total. The topological polar surface area (TPSA) is 33.1 Å². The Kier molecular flexibility index (Phi) is 4.45. The molecule has 100 valence electrons. The van der Waals surface area contributed by atoms with Crippen molar-refractivity contribution in [2.75, 3.05) is 0 Å². The van der Waals surface area contributed by atoms with Gasteiger partial charge in [0.2, 0.25) is 0 Å². The van der Waals surface area contributed by atoms with E-state index >= 15 is 0 Å². The van der Waals surface area contributed by atoms with Gasteiger partial charge in [-0.15, -0.1) is 0 Å². The summed E-state index contributed by atoms with van der Waals surface area (Å²) in [6.07, 6.45) is 2.94. The Morgan fingerprint density at radius 1 is 1.16 bits per heavy atom. The molecule has 0 amide bonds. The van der Waals surface area contributed by atoms with E-state index in [1.165, 1.54) is 12.3 Å². The van der Waals surface area contributed by atoms with Crippen molar-refractivity contribution in [2.45, 2.75) is 18.9 Å². The molecule has 1 heterocycles. The van der Waals surface area contributed by atoms with E-state index in [0.717, 1.165) is 17.7 Å². The number of hydrogen-bond donors (Lipinski definition) is 1. The van der Waals surface area contributed by atoms with Gasteiger partial charge in [-0.3, -0.25) is 4.98 Å². The highest BCUT2D eigenvalue weighted by molar-refractivity contribution is 6.31. The van der Waals surface area contributed by atoms with E-state index in [0.29, 0.717) is 17.0 Å². The zero-order valence-electron chi connectivity index (χ0n) is 9.98. The normalized spacial score (nSPS) is 12.4. The van der Waals surface area contributed by atoms with Gasteiger partial charge in [0.15, 0.2) is 11.6 Å². The van der Waals surface area contributed by atoms with Gasteiger partial charge < -0.3 is 5.11 Å². The predicted molar refractivity (Wildman–Crippen MR) is 69.0 cm³/mol. The van der Waals surface area contributed by atoms with E-state index in [4.69, 9.17) is 11.6 Å². The zero-order chi connectivity index (χ0) is 13.8. The molecule has 0 bridgehead atoms. The Morgan fingerprint density at radius 2 is 1.95 bits per heavy atom. The van der Waals surface area contributed by atoms with E-state index in [1.807, 2.05) is 0 Å². The molecule has 0 aliphatic rings. The molecule has 1 atom stereocenters. The van der Waals surface area contributed by atoms with Gasteiger partial charge in [-0.25, -0.2) is 8.78 Å². The number of pyridine rings is 1. The highest BCUT2D eigenvalue weighted by atomic mass is 35.5. The van der Waals surface area contributed by atoms with Crippen LogP contribution in [0.15, 0.2) is 36.7 Å². The first-order valence-electron chi connectivity index (χ1n) is 5.76. The van der Waals surface area contributed by atoms with Gasteiger partial charge in [0, 0.05) is 18.8 Å². The third-order valence-electron chi connectivity index (χ3n) is 2.77. The quantitative estimate of drug-likeness (QED) is 0.935. The fourth-order valence-electron chi connectivity index (χ4n) is 1.83. The van der Waals surface area contributed by atoms with Crippen LogP contribution in [0.3, 0.4) is 0 Å². The summed E-state index contributed by atoms with van der Waals surface area (Å²) in [5.74, 6) is -1.80. The minimum atomic E-state index is -0.911. The molecule has 2 aromatic rings. The smallest absolute Gasteiger partial charge is 0.159 e. The maximum Gasteiger partial charge on any atom is 0.159 e. The van der Waals surface area contributed by atoms with Crippen LogP contribution < -0.4 is 0 Å². The van der Waals surface area contributed by atoms with Crippen LogP contribution in [-0.4, -0.2) is 16.2 Å². The van der Waals surface area contributed by atoms with Gasteiger partial charge in [-0.1, -0.05) is 17.7 Å². The summed E-state index contributed by atoms with van der Waals surface area (Å²) < 4.78 is 25.8. The molecular weight excluding hydrogens is 272 g/mol. The van der Waals surface area contributed by atoms with Gasteiger partial charge >= 0.3 is 0 Å². The summed E-state index contributed by atoms with van der Waals surface area (Å²) in [7, 11) is 0. The van der Waals surface area contributed by atoms with Crippen LogP contribution in [0.25, 0.3) is 0 Å².